The summed E-state index contributed by atoms with van der Waals surface area (Å²) in [6.45, 7) is 0.540. The molecule has 0 aliphatic heterocycles. The first kappa shape index (κ1) is 22.1. The van der Waals surface area contributed by atoms with E-state index in [1.54, 1.807) is 0 Å². The third-order valence-corrected chi connectivity index (χ3v) is 7.03. The minimum atomic E-state index is -3.89. The Kier molecular flexibility index (Phi) is 6.60. The lowest BCUT2D eigenvalue weighted by molar-refractivity contribution is 0.0954. The Morgan fingerprint density at radius 1 is 0.969 bits per heavy atom. The number of fused-ring (bicyclic) bond motifs is 1. The molecule has 6 nitrogen and oxygen atoms in total. The summed E-state index contributed by atoms with van der Waals surface area (Å²) in [4.78, 5) is 15.7. The summed E-state index contributed by atoms with van der Waals surface area (Å²) in [5, 5.41) is 4.02. The lowest BCUT2D eigenvalue weighted by Crippen LogP contribution is -2.27. The van der Waals surface area contributed by atoms with E-state index in [9.17, 15) is 13.2 Å². The average Bonchev–Trinajstić information content (AvgIpc) is 3.22. The van der Waals surface area contributed by atoms with Gasteiger partial charge in [0.1, 0.15) is 4.90 Å². The van der Waals surface area contributed by atoms with Crippen LogP contribution >= 0.6 is 11.6 Å². The number of hydrogen-bond acceptors (Lipinski definition) is 3. The van der Waals surface area contributed by atoms with Crippen LogP contribution in [0.4, 0.5) is 0 Å². The molecule has 0 aliphatic carbocycles. The zero-order valence-corrected chi connectivity index (χ0v) is 18.7. The van der Waals surface area contributed by atoms with Gasteiger partial charge in [0.05, 0.1) is 5.02 Å². The van der Waals surface area contributed by atoms with E-state index in [1.807, 2.05) is 60.8 Å². The third kappa shape index (κ3) is 5.02. The highest BCUT2D eigenvalue weighted by Gasteiger charge is 2.20. The van der Waals surface area contributed by atoms with Crippen LogP contribution in [0, 0.1) is 0 Å². The number of H-pyrrole nitrogens is 1. The quantitative estimate of drug-likeness (QED) is 0.361. The zero-order chi connectivity index (χ0) is 22.6. The molecular formula is C24H22ClN3O3S. The number of carbonyl (C=O) groups is 1. The van der Waals surface area contributed by atoms with Crippen molar-refractivity contribution in [3.63, 3.8) is 0 Å². The van der Waals surface area contributed by atoms with Gasteiger partial charge in [0, 0.05) is 35.8 Å². The van der Waals surface area contributed by atoms with Crippen LogP contribution < -0.4 is 10.0 Å². The van der Waals surface area contributed by atoms with Crippen LogP contribution in [0.5, 0.6) is 0 Å². The molecule has 1 aromatic heterocycles. The molecule has 0 unspecified atom stereocenters. The summed E-state index contributed by atoms with van der Waals surface area (Å²) in [6.07, 6.45) is 2.58. The normalized spacial score (nSPS) is 11.5. The molecule has 164 valence electrons. The van der Waals surface area contributed by atoms with Gasteiger partial charge < -0.3 is 10.3 Å². The first-order valence-corrected chi connectivity index (χ1v) is 12.0. The van der Waals surface area contributed by atoms with Crippen LogP contribution in [0.2, 0.25) is 5.02 Å². The summed E-state index contributed by atoms with van der Waals surface area (Å²) in [5.41, 5.74) is 3.20. The molecule has 3 N–H and O–H groups in total. The largest absolute Gasteiger partial charge is 0.361 e. The molecule has 4 rings (SSSR count). The van der Waals surface area contributed by atoms with Gasteiger partial charge in [0.25, 0.3) is 5.91 Å². The Hall–Kier alpha value is -3.13. The molecule has 0 spiro atoms. The second kappa shape index (κ2) is 9.56. The van der Waals surface area contributed by atoms with E-state index in [0.717, 1.165) is 22.0 Å². The van der Waals surface area contributed by atoms with Crippen molar-refractivity contribution in [2.75, 3.05) is 6.54 Å². The second-order valence-corrected chi connectivity index (χ2v) is 9.46. The molecule has 0 saturated heterocycles. The number of sulfonamides is 1. The molecular weight excluding hydrogens is 446 g/mol. The Bertz CT molecular complexity index is 1350. The fourth-order valence-electron chi connectivity index (χ4n) is 3.45. The molecule has 0 aliphatic rings. The minimum absolute atomic E-state index is 0.0564. The molecule has 4 aromatic rings. The maximum atomic E-state index is 12.8. The molecule has 3 aromatic carbocycles. The number of carbonyl (C=O) groups excluding carboxylic acids is 1. The predicted octanol–water partition coefficient (Wildman–Crippen LogP) is 4.27. The van der Waals surface area contributed by atoms with Crippen LogP contribution in [-0.4, -0.2) is 25.9 Å². The van der Waals surface area contributed by atoms with E-state index >= 15 is 0 Å². The Morgan fingerprint density at radius 2 is 1.72 bits per heavy atom. The van der Waals surface area contributed by atoms with Gasteiger partial charge in [-0.3, -0.25) is 4.79 Å². The number of rotatable bonds is 8. The van der Waals surface area contributed by atoms with E-state index in [4.69, 9.17) is 11.6 Å². The Labute approximate surface area is 191 Å². The number of benzene rings is 3. The van der Waals surface area contributed by atoms with Crippen molar-refractivity contribution in [3.8, 4) is 0 Å². The predicted molar refractivity (Wildman–Crippen MR) is 126 cm³/mol. The molecule has 1 amide bonds. The molecule has 1 heterocycles. The maximum absolute atomic E-state index is 12.8. The van der Waals surface area contributed by atoms with Crippen LogP contribution in [0.3, 0.4) is 0 Å². The van der Waals surface area contributed by atoms with E-state index in [2.05, 4.69) is 15.0 Å². The lowest BCUT2D eigenvalue weighted by atomic mass is 10.1. The highest BCUT2D eigenvalue weighted by molar-refractivity contribution is 7.89. The summed E-state index contributed by atoms with van der Waals surface area (Å²) in [5.74, 6) is -0.360. The summed E-state index contributed by atoms with van der Waals surface area (Å²) >= 11 is 6.14. The van der Waals surface area contributed by atoms with Gasteiger partial charge >= 0.3 is 0 Å². The van der Waals surface area contributed by atoms with Gasteiger partial charge in [-0.1, -0.05) is 60.1 Å². The van der Waals surface area contributed by atoms with E-state index in [1.165, 1.54) is 18.2 Å². The van der Waals surface area contributed by atoms with Crippen molar-refractivity contribution in [2.24, 2.45) is 0 Å². The fourth-order valence-corrected chi connectivity index (χ4v) is 5.00. The van der Waals surface area contributed by atoms with Gasteiger partial charge in [0.15, 0.2) is 0 Å². The van der Waals surface area contributed by atoms with Crippen molar-refractivity contribution >= 4 is 38.4 Å². The van der Waals surface area contributed by atoms with Crippen LogP contribution in [-0.2, 0) is 23.0 Å². The summed E-state index contributed by atoms with van der Waals surface area (Å²) in [6, 6.07) is 21.4. The first-order chi connectivity index (χ1) is 15.4. The average molecular weight is 468 g/mol. The van der Waals surface area contributed by atoms with Crippen molar-refractivity contribution in [1.29, 1.82) is 0 Å². The molecule has 8 heteroatoms. The standard InChI is InChI=1S/C24H22ClN3O3S/c25-21-11-10-18(14-23(21)32(30,31)28-15-17-6-2-1-3-7-17)24(29)26-13-12-19-16-27-22-9-5-4-8-20(19)22/h1-11,14,16,27-28H,12-13,15H2,(H,26,29). The lowest BCUT2D eigenvalue weighted by Gasteiger charge is -2.11. The van der Waals surface area contributed by atoms with E-state index < -0.39 is 10.0 Å². The molecule has 0 atom stereocenters. The first-order valence-electron chi connectivity index (χ1n) is 10.1. The number of halogens is 1. The van der Waals surface area contributed by atoms with Gasteiger partial charge in [-0.2, -0.15) is 0 Å². The van der Waals surface area contributed by atoms with Gasteiger partial charge in [-0.25, -0.2) is 13.1 Å². The number of hydrogen-bond donors (Lipinski definition) is 3. The highest BCUT2D eigenvalue weighted by Crippen LogP contribution is 2.23. The monoisotopic (exact) mass is 467 g/mol. The third-order valence-electron chi connectivity index (χ3n) is 5.15. The maximum Gasteiger partial charge on any atom is 0.251 e. The molecule has 32 heavy (non-hydrogen) atoms. The van der Waals surface area contributed by atoms with Crippen LogP contribution in [0.15, 0.2) is 83.9 Å². The van der Waals surface area contributed by atoms with Gasteiger partial charge in [-0.15, -0.1) is 0 Å². The van der Waals surface area contributed by atoms with Crippen molar-refractivity contribution < 1.29 is 13.2 Å². The van der Waals surface area contributed by atoms with Gasteiger partial charge in [-0.05, 0) is 41.8 Å². The summed E-state index contributed by atoms with van der Waals surface area (Å²) < 4.78 is 28.1. The fraction of sp³-hybridized carbons (Fsp3) is 0.125. The summed E-state index contributed by atoms with van der Waals surface area (Å²) in [7, 11) is -3.89. The number of nitrogens with one attached hydrogen (secondary N) is 3. The van der Waals surface area contributed by atoms with Crippen molar-refractivity contribution in [2.45, 2.75) is 17.9 Å². The van der Waals surface area contributed by atoms with Crippen molar-refractivity contribution in [3.05, 3.63) is 101 Å². The smallest absolute Gasteiger partial charge is 0.251 e. The van der Waals surface area contributed by atoms with Crippen molar-refractivity contribution in [1.82, 2.24) is 15.0 Å². The topological polar surface area (TPSA) is 91.1 Å². The van der Waals surface area contributed by atoms with E-state index in [0.29, 0.717) is 13.0 Å². The Morgan fingerprint density at radius 3 is 2.53 bits per heavy atom. The van der Waals surface area contributed by atoms with Crippen LogP contribution in [0.25, 0.3) is 10.9 Å². The minimum Gasteiger partial charge on any atom is -0.361 e. The van der Waals surface area contributed by atoms with Crippen LogP contribution in [0.1, 0.15) is 21.5 Å². The molecule has 0 bridgehead atoms. The molecule has 0 radical (unpaired) electrons. The van der Waals surface area contributed by atoms with E-state index in [-0.39, 0.29) is 27.9 Å². The second-order valence-electron chi connectivity index (χ2n) is 7.32. The zero-order valence-electron chi connectivity index (χ0n) is 17.1. The molecule has 0 fully saturated rings. The number of amides is 1. The Balaban J connectivity index is 1.42. The number of aromatic amines is 1. The number of para-hydroxylation sites is 1. The SMILES string of the molecule is O=C(NCCc1c[nH]c2ccccc12)c1ccc(Cl)c(S(=O)(=O)NCc2ccccc2)c1. The molecule has 0 saturated carbocycles. The highest BCUT2D eigenvalue weighted by atomic mass is 35.5. The van der Waals surface area contributed by atoms with Gasteiger partial charge in [0.2, 0.25) is 10.0 Å². The number of aromatic nitrogens is 1.